The van der Waals surface area contributed by atoms with Crippen molar-refractivity contribution < 1.29 is 14.1 Å². The molecule has 0 aliphatic carbocycles. The van der Waals surface area contributed by atoms with E-state index in [1.807, 2.05) is 22.8 Å². The molecule has 2 aromatic rings. The second-order valence-corrected chi connectivity index (χ2v) is 6.93. The van der Waals surface area contributed by atoms with Crippen LogP contribution in [0.15, 0.2) is 22.9 Å². The summed E-state index contributed by atoms with van der Waals surface area (Å²) in [4.78, 5) is 37.0. The number of hydrogen-bond donors (Lipinski definition) is 0. The van der Waals surface area contributed by atoms with Crippen LogP contribution in [0.4, 0.5) is 0 Å². The zero-order valence-electron chi connectivity index (χ0n) is 16.0. The molecule has 1 fully saturated rings. The molecule has 1 aliphatic heterocycles. The Labute approximate surface area is 158 Å². The van der Waals surface area contributed by atoms with Crippen molar-refractivity contribution in [1.29, 1.82) is 0 Å². The molecular formula is C19H25N5O3. The lowest BCUT2D eigenvalue weighted by Crippen LogP contribution is -2.51. The largest absolute Gasteiger partial charge is 0.340 e. The molecule has 2 amide bonds. The minimum atomic E-state index is -0.0375. The maximum Gasteiger partial charge on any atom is 0.255 e. The Bertz CT molecular complexity index is 802. The number of rotatable bonds is 5. The smallest absolute Gasteiger partial charge is 0.255 e. The Hall–Kier alpha value is -2.77. The molecule has 0 radical (unpaired) electrons. The summed E-state index contributed by atoms with van der Waals surface area (Å²) in [7, 11) is 0. The molecule has 1 saturated heterocycles. The van der Waals surface area contributed by atoms with E-state index in [4.69, 9.17) is 4.52 Å². The third kappa shape index (κ3) is 4.69. The second-order valence-electron chi connectivity index (χ2n) is 6.93. The molecule has 0 spiro atoms. The molecular weight excluding hydrogens is 346 g/mol. The van der Waals surface area contributed by atoms with Gasteiger partial charge < -0.3 is 14.3 Å². The number of aryl methyl sites for hydroxylation is 2. The van der Waals surface area contributed by atoms with Crippen LogP contribution in [0.2, 0.25) is 0 Å². The number of aromatic nitrogens is 3. The van der Waals surface area contributed by atoms with Crippen molar-refractivity contribution in [3.63, 3.8) is 0 Å². The minimum Gasteiger partial charge on any atom is -0.340 e. The number of amides is 2. The predicted octanol–water partition coefficient (Wildman–Crippen LogP) is 1.78. The number of pyridine rings is 1. The standard InChI is InChI=1S/C19H25N5O3/c1-13-6-7-16(11-20-13)19(26)23-9-4-5-17(12-23)24(15(3)25)10-8-18-21-14(2)27-22-18/h6-7,11,17H,4-5,8-10,12H2,1-3H3. The quantitative estimate of drug-likeness (QED) is 0.795. The van der Waals surface area contributed by atoms with Crippen LogP contribution in [0.1, 0.15) is 47.5 Å². The number of piperidine rings is 1. The first-order valence-electron chi connectivity index (χ1n) is 9.22. The molecule has 1 unspecified atom stereocenters. The van der Waals surface area contributed by atoms with E-state index in [9.17, 15) is 9.59 Å². The molecule has 0 bridgehead atoms. The fourth-order valence-corrected chi connectivity index (χ4v) is 3.43. The van der Waals surface area contributed by atoms with Crippen molar-refractivity contribution in [2.75, 3.05) is 19.6 Å². The lowest BCUT2D eigenvalue weighted by Gasteiger charge is -2.39. The van der Waals surface area contributed by atoms with Crippen molar-refractivity contribution in [3.05, 3.63) is 41.3 Å². The summed E-state index contributed by atoms with van der Waals surface area (Å²) in [6.45, 7) is 6.92. The highest BCUT2D eigenvalue weighted by atomic mass is 16.5. The van der Waals surface area contributed by atoms with E-state index >= 15 is 0 Å². The number of nitrogens with zero attached hydrogens (tertiary/aromatic N) is 5. The van der Waals surface area contributed by atoms with Gasteiger partial charge in [0.1, 0.15) is 0 Å². The topological polar surface area (TPSA) is 92.4 Å². The van der Waals surface area contributed by atoms with Crippen LogP contribution < -0.4 is 0 Å². The van der Waals surface area contributed by atoms with Gasteiger partial charge in [0.25, 0.3) is 5.91 Å². The summed E-state index contributed by atoms with van der Waals surface area (Å²) < 4.78 is 4.99. The zero-order chi connectivity index (χ0) is 19.4. The van der Waals surface area contributed by atoms with Gasteiger partial charge in [0.2, 0.25) is 11.8 Å². The summed E-state index contributed by atoms with van der Waals surface area (Å²) in [6.07, 6.45) is 3.88. The van der Waals surface area contributed by atoms with Crippen molar-refractivity contribution in [2.45, 2.75) is 46.1 Å². The summed E-state index contributed by atoms with van der Waals surface area (Å²) in [5.74, 6) is 1.06. The van der Waals surface area contributed by atoms with Gasteiger partial charge in [-0.05, 0) is 31.9 Å². The molecule has 2 aromatic heterocycles. The average Bonchev–Trinajstić information content (AvgIpc) is 3.07. The first kappa shape index (κ1) is 19.0. The molecule has 3 rings (SSSR count). The Morgan fingerprint density at radius 3 is 2.78 bits per heavy atom. The fraction of sp³-hybridized carbons (Fsp3) is 0.526. The molecule has 8 heteroatoms. The highest BCUT2D eigenvalue weighted by Crippen LogP contribution is 2.19. The lowest BCUT2D eigenvalue weighted by atomic mass is 10.0. The van der Waals surface area contributed by atoms with Gasteiger partial charge in [-0.15, -0.1) is 0 Å². The predicted molar refractivity (Wildman–Crippen MR) is 98.0 cm³/mol. The van der Waals surface area contributed by atoms with E-state index in [1.54, 1.807) is 26.1 Å². The van der Waals surface area contributed by atoms with Crippen LogP contribution in [0.5, 0.6) is 0 Å². The average molecular weight is 371 g/mol. The van der Waals surface area contributed by atoms with Gasteiger partial charge in [-0.1, -0.05) is 5.16 Å². The molecule has 27 heavy (non-hydrogen) atoms. The molecule has 1 atom stereocenters. The molecule has 0 N–H and O–H groups in total. The first-order chi connectivity index (χ1) is 12.9. The maximum atomic E-state index is 12.8. The molecule has 0 aromatic carbocycles. The molecule has 1 aliphatic rings. The Balaban J connectivity index is 1.65. The van der Waals surface area contributed by atoms with Gasteiger partial charge in [0.05, 0.1) is 5.56 Å². The summed E-state index contributed by atoms with van der Waals surface area (Å²) in [5.41, 5.74) is 1.46. The summed E-state index contributed by atoms with van der Waals surface area (Å²) in [6, 6.07) is 3.63. The third-order valence-corrected chi connectivity index (χ3v) is 4.83. The van der Waals surface area contributed by atoms with E-state index in [0.29, 0.717) is 43.3 Å². The summed E-state index contributed by atoms with van der Waals surface area (Å²) in [5, 5.41) is 3.89. The van der Waals surface area contributed by atoms with Gasteiger partial charge in [0, 0.05) is 57.8 Å². The van der Waals surface area contributed by atoms with Crippen LogP contribution in [-0.4, -0.2) is 62.4 Å². The van der Waals surface area contributed by atoms with Gasteiger partial charge >= 0.3 is 0 Å². The van der Waals surface area contributed by atoms with E-state index < -0.39 is 0 Å². The molecule has 0 saturated carbocycles. The summed E-state index contributed by atoms with van der Waals surface area (Å²) >= 11 is 0. The monoisotopic (exact) mass is 371 g/mol. The minimum absolute atomic E-state index is 0.00777. The fourth-order valence-electron chi connectivity index (χ4n) is 3.43. The van der Waals surface area contributed by atoms with Crippen LogP contribution >= 0.6 is 0 Å². The van der Waals surface area contributed by atoms with Gasteiger partial charge in [-0.2, -0.15) is 4.98 Å². The molecule has 8 nitrogen and oxygen atoms in total. The van der Waals surface area contributed by atoms with Crippen LogP contribution in [0.25, 0.3) is 0 Å². The maximum absolute atomic E-state index is 12.8. The van der Waals surface area contributed by atoms with Crippen LogP contribution in [0.3, 0.4) is 0 Å². The third-order valence-electron chi connectivity index (χ3n) is 4.83. The van der Waals surface area contributed by atoms with Crippen molar-refractivity contribution in [3.8, 4) is 0 Å². The Kier molecular flexibility index (Phi) is 5.83. The SMILES string of the molecule is CC(=O)N(CCc1noc(C)n1)C1CCCN(C(=O)c2ccc(C)nc2)C1. The van der Waals surface area contributed by atoms with Gasteiger partial charge in [0.15, 0.2) is 5.82 Å². The Morgan fingerprint density at radius 1 is 1.33 bits per heavy atom. The highest BCUT2D eigenvalue weighted by Gasteiger charge is 2.30. The van der Waals surface area contributed by atoms with Crippen molar-refractivity contribution >= 4 is 11.8 Å². The lowest BCUT2D eigenvalue weighted by molar-refractivity contribution is -0.132. The van der Waals surface area contributed by atoms with E-state index in [2.05, 4.69) is 15.1 Å². The zero-order valence-corrected chi connectivity index (χ0v) is 16.0. The van der Waals surface area contributed by atoms with Gasteiger partial charge in [-0.25, -0.2) is 0 Å². The normalized spacial score (nSPS) is 17.0. The second kappa shape index (κ2) is 8.28. The highest BCUT2D eigenvalue weighted by molar-refractivity contribution is 5.94. The molecule has 3 heterocycles. The Morgan fingerprint density at radius 2 is 2.15 bits per heavy atom. The van der Waals surface area contributed by atoms with E-state index in [1.165, 1.54) is 0 Å². The van der Waals surface area contributed by atoms with Crippen LogP contribution in [0, 0.1) is 13.8 Å². The van der Waals surface area contributed by atoms with Crippen molar-refractivity contribution in [2.24, 2.45) is 0 Å². The van der Waals surface area contributed by atoms with Crippen molar-refractivity contribution in [1.82, 2.24) is 24.9 Å². The number of carbonyl (C=O) groups is 2. The number of likely N-dealkylation sites (tertiary alicyclic amines) is 1. The van der Waals surface area contributed by atoms with Gasteiger partial charge in [-0.3, -0.25) is 14.6 Å². The molecule has 144 valence electrons. The van der Waals surface area contributed by atoms with E-state index in [-0.39, 0.29) is 17.9 Å². The number of carbonyl (C=O) groups excluding carboxylic acids is 2. The number of hydrogen-bond acceptors (Lipinski definition) is 6. The van der Waals surface area contributed by atoms with E-state index in [0.717, 1.165) is 18.5 Å². The first-order valence-corrected chi connectivity index (χ1v) is 9.22. The van der Waals surface area contributed by atoms with Crippen LogP contribution in [-0.2, 0) is 11.2 Å².